The van der Waals surface area contributed by atoms with E-state index in [9.17, 15) is 4.79 Å². The summed E-state index contributed by atoms with van der Waals surface area (Å²) in [6, 6.07) is 11.2. The van der Waals surface area contributed by atoms with Crippen LogP contribution in [0.1, 0.15) is 10.5 Å². The number of carbonyl (C=O) groups is 1. The molecule has 0 aliphatic carbocycles. The van der Waals surface area contributed by atoms with Crippen molar-refractivity contribution in [1.82, 2.24) is 19.9 Å². The second kappa shape index (κ2) is 7.88. The van der Waals surface area contributed by atoms with Crippen LogP contribution in [-0.4, -0.2) is 52.1 Å². The Morgan fingerprint density at radius 1 is 1.03 bits per heavy atom. The molecule has 30 heavy (non-hydrogen) atoms. The number of benzene rings is 1. The summed E-state index contributed by atoms with van der Waals surface area (Å²) in [6.45, 7) is 2.79. The van der Waals surface area contributed by atoms with E-state index >= 15 is 0 Å². The van der Waals surface area contributed by atoms with Crippen LogP contribution >= 0.6 is 0 Å². The van der Waals surface area contributed by atoms with Gasteiger partial charge in [0, 0.05) is 42.8 Å². The number of morpholine rings is 1. The third-order valence-corrected chi connectivity index (χ3v) is 4.75. The minimum absolute atomic E-state index is 0.294. The molecule has 1 N–H and O–H groups in total. The summed E-state index contributed by atoms with van der Waals surface area (Å²) >= 11 is 0. The van der Waals surface area contributed by atoms with Gasteiger partial charge in [-0.15, -0.1) is 0 Å². The van der Waals surface area contributed by atoms with Gasteiger partial charge in [0.2, 0.25) is 0 Å². The lowest BCUT2D eigenvalue weighted by Crippen LogP contribution is -2.36. The highest BCUT2D eigenvalue weighted by molar-refractivity contribution is 6.03. The fraction of sp³-hybridized carbons (Fsp3) is 0.190. The Balaban J connectivity index is 1.35. The average Bonchev–Trinajstić information content (AvgIpc) is 3.24. The topological polar surface area (TPSA) is 106 Å². The number of oxazole rings is 1. The summed E-state index contributed by atoms with van der Waals surface area (Å²) in [5.41, 5.74) is 3.61. The normalized spacial score (nSPS) is 14.1. The molecule has 1 amide bonds. The van der Waals surface area contributed by atoms with Crippen molar-refractivity contribution >= 4 is 28.7 Å². The predicted molar refractivity (Wildman–Crippen MR) is 110 cm³/mol. The van der Waals surface area contributed by atoms with Crippen LogP contribution in [0.15, 0.2) is 59.5 Å². The first-order valence-electron chi connectivity index (χ1n) is 9.53. The molecule has 0 saturated carbocycles. The van der Waals surface area contributed by atoms with Crippen molar-refractivity contribution < 1.29 is 13.9 Å². The second-order valence-corrected chi connectivity index (χ2v) is 6.77. The Kier molecular flexibility index (Phi) is 4.78. The summed E-state index contributed by atoms with van der Waals surface area (Å²) in [7, 11) is 0. The first-order chi connectivity index (χ1) is 14.8. The zero-order chi connectivity index (χ0) is 20.3. The number of carbonyl (C=O) groups excluding carboxylic acids is 1. The minimum Gasteiger partial charge on any atom is -0.423 e. The van der Waals surface area contributed by atoms with Crippen molar-refractivity contribution in [2.75, 3.05) is 36.5 Å². The number of aromatic nitrogens is 4. The van der Waals surface area contributed by atoms with Gasteiger partial charge in [-0.1, -0.05) is 6.07 Å². The lowest BCUT2D eigenvalue weighted by molar-refractivity contribution is 0.102. The van der Waals surface area contributed by atoms with Crippen LogP contribution < -0.4 is 10.2 Å². The second-order valence-electron chi connectivity index (χ2n) is 6.77. The van der Waals surface area contributed by atoms with Gasteiger partial charge in [-0.05, 0) is 24.3 Å². The summed E-state index contributed by atoms with van der Waals surface area (Å²) in [5.74, 6) is -0.319. The Hall–Kier alpha value is -3.85. The van der Waals surface area contributed by atoms with Crippen LogP contribution in [0, 0.1) is 0 Å². The van der Waals surface area contributed by atoms with E-state index < -0.39 is 0 Å². The zero-order valence-corrected chi connectivity index (χ0v) is 16.0. The number of fused-ring (bicyclic) bond motifs is 1. The molecule has 4 aromatic rings. The number of anilines is 2. The molecule has 0 bridgehead atoms. The molecule has 0 radical (unpaired) electrons. The molecule has 1 aliphatic heterocycles. The van der Waals surface area contributed by atoms with Gasteiger partial charge in [0.1, 0.15) is 17.5 Å². The molecule has 1 aromatic carbocycles. The highest BCUT2D eigenvalue weighted by Gasteiger charge is 2.17. The van der Waals surface area contributed by atoms with Gasteiger partial charge in [0.15, 0.2) is 5.58 Å². The number of pyridine rings is 1. The fourth-order valence-electron chi connectivity index (χ4n) is 3.23. The van der Waals surface area contributed by atoms with Crippen LogP contribution in [0.2, 0.25) is 0 Å². The first-order valence-corrected chi connectivity index (χ1v) is 9.53. The average molecular weight is 402 g/mol. The molecule has 9 nitrogen and oxygen atoms in total. The quantitative estimate of drug-likeness (QED) is 0.555. The van der Waals surface area contributed by atoms with Crippen LogP contribution in [0.4, 0.5) is 11.7 Å². The van der Waals surface area contributed by atoms with Crippen molar-refractivity contribution in [3.05, 3.63) is 60.8 Å². The maximum atomic E-state index is 12.7. The van der Waals surface area contributed by atoms with E-state index in [1.807, 2.05) is 17.0 Å². The highest BCUT2D eigenvalue weighted by atomic mass is 16.5. The largest absolute Gasteiger partial charge is 0.423 e. The van der Waals surface area contributed by atoms with E-state index in [-0.39, 0.29) is 5.91 Å². The highest BCUT2D eigenvalue weighted by Crippen LogP contribution is 2.25. The Morgan fingerprint density at radius 2 is 1.87 bits per heavy atom. The van der Waals surface area contributed by atoms with Crippen molar-refractivity contribution in [1.29, 1.82) is 0 Å². The van der Waals surface area contributed by atoms with Gasteiger partial charge in [-0.2, -0.15) is 4.98 Å². The molecule has 1 saturated heterocycles. The number of nitrogens with zero attached hydrogens (tertiary/aromatic N) is 5. The molecular weight excluding hydrogens is 384 g/mol. The summed E-state index contributed by atoms with van der Waals surface area (Å²) in [6.07, 6.45) is 4.76. The number of hydrogen-bond donors (Lipinski definition) is 1. The molecule has 1 aliphatic rings. The molecule has 5 rings (SSSR count). The molecule has 150 valence electrons. The van der Waals surface area contributed by atoms with Crippen LogP contribution in [0.5, 0.6) is 0 Å². The molecule has 0 unspecified atom stereocenters. The Bertz CT molecular complexity index is 1190. The molecule has 0 spiro atoms. The predicted octanol–water partition coefficient (Wildman–Crippen LogP) is 2.77. The lowest BCUT2D eigenvalue weighted by atomic mass is 10.2. The van der Waals surface area contributed by atoms with E-state index in [1.54, 1.807) is 36.7 Å². The molecule has 0 atom stereocenters. The SMILES string of the molecule is O=C(Nc1ccc2nc(N3CCOCC3)oc2c1)c1cccc(-c2cncnc2)n1. The maximum absolute atomic E-state index is 12.7. The van der Waals surface area contributed by atoms with Gasteiger partial charge < -0.3 is 19.4 Å². The molecule has 1 fully saturated rings. The van der Waals surface area contributed by atoms with Gasteiger partial charge in [0.05, 0.1) is 18.9 Å². The van der Waals surface area contributed by atoms with Crippen molar-refractivity contribution in [2.24, 2.45) is 0 Å². The van der Waals surface area contributed by atoms with Gasteiger partial charge >= 0.3 is 0 Å². The number of hydrogen-bond acceptors (Lipinski definition) is 8. The summed E-state index contributed by atoms with van der Waals surface area (Å²) in [4.78, 5) is 31.7. The standard InChI is InChI=1S/C21H18N6O3/c28-20(18-3-1-2-16(25-18)14-11-22-13-23-12-14)24-15-4-5-17-19(10-15)30-21(26-17)27-6-8-29-9-7-27/h1-5,10-13H,6-9H2,(H,24,28). The number of ether oxygens (including phenoxy) is 1. The van der Waals surface area contributed by atoms with Gasteiger partial charge in [-0.3, -0.25) is 4.79 Å². The molecule has 4 heterocycles. The van der Waals surface area contributed by atoms with E-state index in [0.29, 0.717) is 41.9 Å². The minimum atomic E-state index is -0.319. The Labute approximate surface area is 171 Å². The van der Waals surface area contributed by atoms with Crippen LogP contribution in [-0.2, 0) is 4.74 Å². The van der Waals surface area contributed by atoms with Crippen molar-refractivity contribution in [2.45, 2.75) is 0 Å². The third-order valence-electron chi connectivity index (χ3n) is 4.75. The van der Waals surface area contributed by atoms with Crippen LogP contribution in [0.3, 0.4) is 0 Å². The molecule has 9 heteroatoms. The number of rotatable bonds is 4. The van der Waals surface area contributed by atoms with Crippen LogP contribution in [0.25, 0.3) is 22.4 Å². The number of nitrogens with one attached hydrogen (secondary N) is 1. The van der Waals surface area contributed by atoms with E-state index in [0.717, 1.165) is 24.2 Å². The fourth-order valence-corrected chi connectivity index (χ4v) is 3.23. The lowest BCUT2D eigenvalue weighted by Gasteiger charge is -2.24. The van der Waals surface area contributed by atoms with E-state index in [4.69, 9.17) is 9.15 Å². The zero-order valence-electron chi connectivity index (χ0n) is 16.0. The summed E-state index contributed by atoms with van der Waals surface area (Å²) in [5, 5.41) is 2.86. The van der Waals surface area contributed by atoms with E-state index in [1.165, 1.54) is 6.33 Å². The van der Waals surface area contributed by atoms with Crippen molar-refractivity contribution in [3.63, 3.8) is 0 Å². The van der Waals surface area contributed by atoms with Gasteiger partial charge in [-0.25, -0.2) is 15.0 Å². The van der Waals surface area contributed by atoms with E-state index in [2.05, 4.69) is 25.3 Å². The summed E-state index contributed by atoms with van der Waals surface area (Å²) < 4.78 is 11.3. The van der Waals surface area contributed by atoms with Gasteiger partial charge in [0.25, 0.3) is 11.9 Å². The third kappa shape index (κ3) is 3.70. The molecular formula is C21H18N6O3. The monoisotopic (exact) mass is 402 g/mol. The Morgan fingerprint density at radius 3 is 2.70 bits per heavy atom. The maximum Gasteiger partial charge on any atom is 0.298 e. The first kappa shape index (κ1) is 18.2. The van der Waals surface area contributed by atoms with Crippen molar-refractivity contribution in [3.8, 4) is 11.3 Å². The molecule has 3 aromatic heterocycles. The number of amides is 1. The smallest absolute Gasteiger partial charge is 0.298 e.